The number of nitrogens with one attached hydrogen (secondary N) is 3. The molecule has 11 rings (SSSR count). The van der Waals surface area contributed by atoms with Gasteiger partial charge in [-0.2, -0.15) is 0 Å². The van der Waals surface area contributed by atoms with Crippen LogP contribution in [0.15, 0.2) is 60.7 Å². The number of benzene rings is 2. The number of hydrogen-bond donors (Lipinski definition) is 3. The van der Waals surface area contributed by atoms with Crippen LogP contribution in [0.1, 0.15) is 160 Å². The van der Waals surface area contributed by atoms with Crippen LogP contribution in [0.5, 0.6) is 0 Å². The summed E-state index contributed by atoms with van der Waals surface area (Å²) >= 11 is 12.8. The molecular formula is C77H110Cl2N12O13. The molecule has 104 heavy (non-hydrogen) atoms. The Hall–Kier alpha value is -7.90. The van der Waals surface area contributed by atoms with Crippen molar-refractivity contribution in [3.8, 4) is 0 Å². The second-order valence-electron chi connectivity index (χ2n) is 29.3. The summed E-state index contributed by atoms with van der Waals surface area (Å²) in [7, 11) is 8.76. The number of likely N-dealkylation sites (tertiary alicyclic amines) is 1. The summed E-state index contributed by atoms with van der Waals surface area (Å²) in [5, 5.41) is 9.54. The zero-order chi connectivity index (χ0) is 75.9. The summed E-state index contributed by atoms with van der Waals surface area (Å²) in [5.41, 5.74) is 0.626. The predicted molar refractivity (Wildman–Crippen MR) is 396 cm³/mol. The lowest BCUT2D eigenvalue weighted by Gasteiger charge is -2.47. The molecule has 1 saturated carbocycles. The molecule has 9 aliphatic rings. The number of nitrogens with zero attached hydrogens (tertiary/aromatic N) is 9. The van der Waals surface area contributed by atoms with E-state index in [1.54, 1.807) is 43.0 Å². The van der Waals surface area contributed by atoms with Gasteiger partial charge in [-0.15, -0.1) is 0 Å². The lowest BCUT2D eigenvalue weighted by atomic mass is 9.74. The Morgan fingerprint density at radius 2 is 1.30 bits per heavy atom. The third-order valence-corrected chi connectivity index (χ3v) is 23.1. The van der Waals surface area contributed by atoms with Crippen molar-refractivity contribution in [3.63, 3.8) is 0 Å². The van der Waals surface area contributed by atoms with E-state index >= 15 is 43.2 Å². The Morgan fingerprint density at radius 1 is 0.615 bits per heavy atom. The molecule has 1 aliphatic carbocycles. The molecule has 0 radical (unpaired) electrons. The van der Waals surface area contributed by atoms with Gasteiger partial charge in [0.05, 0.1) is 35.7 Å². The first-order chi connectivity index (χ1) is 49.6. The number of aryl methyl sites for hydroxylation is 1. The molecule has 8 aliphatic heterocycles. The average Bonchev–Trinajstić information content (AvgIpc) is 1.11. The van der Waals surface area contributed by atoms with E-state index in [1.165, 1.54) is 81.5 Å². The number of carbonyl (C=O) groups excluding carboxylic acids is 12. The van der Waals surface area contributed by atoms with Crippen LogP contribution in [0.3, 0.4) is 0 Å². The first-order valence-corrected chi connectivity index (χ1v) is 38.2. The van der Waals surface area contributed by atoms with Crippen LogP contribution in [0, 0.1) is 11.8 Å². The Morgan fingerprint density at radius 3 is 1.94 bits per heavy atom. The number of allylic oxidation sites excluding steroid dienone is 1. The lowest BCUT2D eigenvalue weighted by molar-refractivity contribution is -0.158. The van der Waals surface area contributed by atoms with E-state index < -0.39 is 162 Å². The SMILES string of the molecule is CCO[C@@H]1C[C@H]2C(=O)NC3(CCC3)C(=O)N(C)[C@@H](C(CC)CC)C(=O)N(C)[C@H](C(=O)N3CCCC3)CC(=O)N(C)[C@H]3CCCCC=Cc4ccc(cc4)C[C@@H](C(=O)N(C)CC(=O)N[C@@H](CCc4ccc(Cl)c(Cl)c4)C(=O)N2C1)N1CC/C=C\C[C@H](C1=O)N(C)C(=O)CN(C)C(=O)[C@H]([C@@H](C)CC)NC3=O. The molecule has 3 saturated heterocycles. The molecular weight excluding hydrogens is 1370 g/mol. The second kappa shape index (κ2) is 37.4. The van der Waals surface area contributed by atoms with E-state index in [0.29, 0.717) is 93.4 Å². The van der Waals surface area contributed by atoms with Gasteiger partial charge in [-0.25, -0.2) is 0 Å². The van der Waals surface area contributed by atoms with Gasteiger partial charge in [0.15, 0.2) is 0 Å². The standard InChI is InChI=1S/C77H110Cl2N12O13/c1-12-49(5)66-74(101)84(7)48-65(94)86(9)59-28-21-18-22-41-90(73(59)100)62-43-52-31-29-50(30-32-52)26-19-16-17-20-27-58(68(95)81-66)85(8)64(93)45-61(72(99)89-39-23-24-40-89)87(10)75(102)67(53(13-2)14-3)88(11)76(103)77(37-25-38-77)82-69(96)60-44-54(104-15-4)46-91(60)70(97)57(80-63(92)47-83(6)71(62)98)36-34-51-33-35-55(78)56(79)42-51/h18-19,21,26,29-33,35,42,49,53-54,57-62,66-67H,12-17,20,22-25,27-28,34,36-41,43-48H2,1-11H3,(H,80,92)(H,81,95)(H,82,96)/b21-18-,26-19?/t49-,54+,57-,58-,59+,60-,61-,62-,66-,67-/m0/s1. The maximum atomic E-state index is 15.8. The van der Waals surface area contributed by atoms with Crippen molar-refractivity contribution in [3.05, 3.63) is 87.4 Å². The highest BCUT2D eigenvalue weighted by molar-refractivity contribution is 6.42. The summed E-state index contributed by atoms with van der Waals surface area (Å²) in [5.74, 6) is -8.41. The van der Waals surface area contributed by atoms with Crippen molar-refractivity contribution in [2.75, 3.05) is 88.2 Å². The first-order valence-electron chi connectivity index (χ1n) is 37.4. The van der Waals surface area contributed by atoms with Crippen LogP contribution in [0.4, 0.5) is 0 Å². The summed E-state index contributed by atoms with van der Waals surface area (Å²) in [6.07, 6.45) is 12.1. The van der Waals surface area contributed by atoms with Crippen LogP contribution in [-0.4, -0.2) is 263 Å². The summed E-state index contributed by atoms with van der Waals surface area (Å²) < 4.78 is 6.13. The van der Waals surface area contributed by atoms with E-state index in [1.807, 2.05) is 63.3 Å². The highest BCUT2D eigenvalue weighted by atomic mass is 35.5. The maximum Gasteiger partial charge on any atom is 0.248 e. The Labute approximate surface area is 623 Å². The third kappa shape index (κ3) is 19.6. The van der Waals surface area contributed by atoms with Gasteiger partial charge in [0.1, 0.15) is 53.9 Å². The second-order valence-corrected chi connectivity index (χ2v) is 30.1. The topological polar surface area (TPSA) is 279 Å². The number of carbonyl (C=O) groups is 12. The molecule has 2 aromatic carbocycles. The van der Waals surface area contributed by atoms with Gasteiger partial charge >= 0.3 is 0 Å². The number of rotatable bonds is 11. The van der Waals surface area contributed by atoms with Gasteiger partial charge in [-0.1, -0.05) is 131 Å². The maximum absolute atomic E-state index is 15.8. The smallest absolute Gasteiger partial charge is 0.248 e. The van der Waals surface area contributed by atoms with E-state index in [0.717, 1.165) is 5.56 Å². The van der Waals surface area contributed by atoms with Gasteiger partial charge in [0.2, 0.25) is 70.9 Å². The molecule has 3 N–H and O–H groups in total. The van der Waals surface area contributed by atoms with E-state index in [-0.39, 0.29) is 76.1 Å². The molecule has 10 atom stereocenters. The van der Waals surface area contributed by atoms with Crippen molar-refractivity contribution in [2.45, 2.75) is 217 Å². The predicted octanol–water partition coefficient (Wildman–Crippen LogP) is 6.05. The van der Waals surface area contributed by atoms with Crippen LogP contribution >= 0.6 is 23.2 Å². The van der Waals surface area contributed by atoms with E-state index in [9.17, 15) is 14.4 Å². The van der Waals surface area contributed by atoms with Gasteiger partial charge < -0.3 is 64.8 Å². The van der Waals surface area contributed by atoms with Gasteiger partial charge in [0, 0.05) is 87.9 Å². The van der Waals surface area contributed by atoms with Gasteiger partial charge in [-0.05, 0) is 125 Å². The fourth-order valence-corrected chi connectivity index (χ4v) is 15.7. The molecule has 8 heterocycles. The van der Waals surface area contributed by atoms with Crippen molar-refractivity contribution in [1.29, 1.82) is 0 Å². The highest BCUT2D eigenvalue weighted by Gasteiger charge is 2.53. The van der Waals surface area contributed by atoms with E-state index in [2.05, 4.69) is 16.0 Å². The van der Waals surface area contributed by atoms with Gasteiger partial charge in [-0.3, -0.25) is 57.5 Å². The minimum absolute atomic E-state index is 0.0111. The zero-order valence-corrected chi connectivity index (χ0v) is 64.2. The number of halogens is 2. The highest BCUT2D eigenvalue weighted by Crippen LogP contribution is 2.37. The average molecular weight is 1480 g/mol. The molecule has 25 nitrogen and oxygen atoms in total. The number of amides is 12. The van der Waals surface area contributed by atoms with Crippen molar-refractivity contribution >= 4 is 100 Å². The summed E-state index contributed by atoms with van der Waals surface area (Å²) in [4.78, 5) is 195. The molecule has 12 amide bonds. The Bertz CT molecular complexity index is 3500. The molecule has 0 unspecified atom stereocenters. The van der Waals surface area contributed by atoms with Crippen molar-refractivity contribution in [1.82, 2.24) is 60.0 Å². The summed E-state index contributed by atoms with van der Waals surface area (Å²) in [6, 6.07) is 2.50. The van der Waals surface area contributed by atoms with Crippen LogP contribution in [-0.2, 0) is 75.1 Å². The Balaban J connectivity index is 1.27. The van der Waals surface area contributed by atoms with Gasteiger partial charge in [0.25, 0.3) is 0 Å². The lowest BCUT2D eigenvalue weighted by Crippen LogP contribution is -2.68. The Kier molecular flexibility index (Phi) is 29.4. The monoisotopic (exact) mass is 1480 g/mol. The van der Waals surface area contributed by atoms with Crippen molar-refractivity contribution in [2.24, 2.45) is 11.8 Å². The van der Waals surface area contributed by atoms with Crippen LogP contribution in [0.2, 0.25) is 10.0 Å². The molecule has 570 valence electrons. The molecule has 27 heteroatoms. The fraction of sp³-hybridized carbons (Fsp3) is 0.636. The first kappa shape index (κ1) is 81.8. The fourth-order valence-electron chi connectivity index (χ4n) is 15.4. The molecule has 6 bridgehead atoms. The summed E-state index contributed by atoms with van der Waals surface area (Å²) in [6.45, 7) is 9.06. The molecule has 1 spiro atoms. The quantitative estimate of drug-likeness (QED) is 0.216. The minimum atomic E-state index is -1.55. The zero-order valence-electron chi connectivity index (χ0n) is 62.7. The normalized spacial score (nSPS) is 27.0. The van der Waals surface area contributed by atoms with Crippen molar-refractivity contribution < 1.29 is 62.3 Å². The molecule has 0 aromatic heterocycles. The largest absolute Gasteiger partial charge is 0.377 e. The van der Waals surface area contributed by atoms with Crippen LogP contribution in [0.25, 0.3) is 6.08 Å². The third-order valence-electron chi connectivity index (χ3n) is 22.4. The van der Waals surface area contributed by atoms with Crippen LogP contribution < -0.4 is 16.0 Å². The number of ether oxygens (including phenoxy) is 1. The molecule has 2 aromatic rings. The van der Waals surface area contributed by atoms with E-state index in [4.69, 9.17) is 27.9 Å². The minimum Gasteiger partial charge on any atom is -0.377 e. The molecule has 4 fully saturated rings. The number of likely N-dealkylation sites (N-methyl/N-ethyl adjacent to an activating group) is 6. The number of hydrogen-bond acceptors (Lipinski definition) is 13.